The first-order chi connectivity index (χ1) is 12.6. The Morgan fingerprint density at radius 3 is 2.38 bits per heavy atom. The fourth-order valence-electron chi connectivity index (χ4n) is 2.91. The zero-order valence-electron chi connectivity index (χ0n) is 15.1. The fraction of sp³-hybridized carbons (Fsp3) is 0.136. The molecule has 0 saturated heterocycles. The largest absolute Gasteiger partial charge is 0.283 e. The Morgan fingerprint density at radius 2 is 1.62 bits per heavy atom. The molecule has 26 heavy (non-hydrogen) atoms. The van der Waals surface area contributed by atoms with Crippen molar-refractivity contribution in [1.82, 2.24) is 9.38 Å². The zero-order valence-corrected chi connectivity index (χ0v) is 15.1. The fourth-order valence-corrected chi connectivity index (χ4v) is 2.91. The van der Waals surface area contributed by atoms with Crippen molar-refractivity contribution in [3.8, 4) is 11.3 Å². The second-order valence-corrected chi connectivity index (χ2v) is 6.55. The summed E-state index contributed by atoms with van der Waals surface area (Å²) in [5, 5.41) is 9.04. The quantitative estimate of drug-likeness (QED) is 0.401. The van der Waals surface area contributed by atoms with E-state index in [9.17, 15) is 0 Å². The Kier molecular flexibility index (Phi) is 4.09. The van der Waals surface area contributed by atoms with E-state index in [0.717, 1.165) is 28.4 Å². The van der Waals surface area contributed by atoms with Crippen LogP contribution in [0, 0.1) is 20.8 Å². The highest BCUT2D eigenvalue weighted by atomic mass is 15.2. The third-order valence-corrected chi connectivity index (χ3v) is 4.55. The monoisotopic (exact) mass is 340 g/mol. The van der Waals surface area contributed by atoms with Crippen molar-refractivity contribution in [2.45, 2.75) is 20.8 Å². The molecule has 0 saturated carbocycles. The highest BCUT2D eigenvalue weighted by Gasteiger charge is 2.14. The van der Waals surface area contributed by atoms with Crippen LogP contribution in [0.3, 0.4) is 0 Å². The molecule has 4 nitrogen and oxygen atoms in total. The van der Waals surface area contributed by atoms with E-state index < -0.39 is 0 Å². The molecular formula is C22H20N4. The van der Waals surface area contributed by atoms with E-state index in [4.69, 9.17) is 4.98 Å². The molecule has 0 unspecified atom stereocenters. The molecule has 4 aromatic rings. The van der Waals surface area contributed by atoms with Crippen LogP contribution < -0.4 is 0 Å². The van der Waals surface area contributed by atoms with E-state index in [1.807, 2.05) is 53.1 Å². The van der Waals surface area contributed by atoms with Crippen molar-refractivity contribution in [3.63, 3.8) is 0 Å². The number of hydrogen-bond donors (Lipinski definition) is 0. The van der Waals surface area contributed by atoms with Crippen molar-refractivity contribution in [1.29, 1.82) is 0 Å². The normalized spacial score (nSPS) is 11.5. The van der Waals surface area contributed by atoms with Crippen LogP contribution in [-0.4, -0.2) is 9.38 Å². The van der Waals surface area contributed by atoms with E-state index in [0.29, 0.717) is 0 Å². The maximum atomic E-state index is 4.80. The van der Waals surface area contributed by atoms with Crippen molar-refractivity contribution in [2.24, 2.45) is 10.2 Å². The van der Waals surface area contributed by atoms with Gasteiger partial charge in [-0.3, -0.25) is 4.40 Å². The number of rotatable bonds is 3. The number of hydrogen-bond acceptors (Lipinski definition) is 3. The van der Waals surface area contributed by atoms with E-state index in [1.54, 1.807) is 0 Å². The lowest BCUT2D eigenvalue weighted by molar-refractivity contribution is 1.10. The van der Waals surface area contributed by atoms with Crippen LogP contribution in [0.15, 0.2) is 77.1 Å². The van der Waals surface area contributed by atoms with Crippen LogP contribution in [0.4, 0.5) is 11.5 Å². The number of benzene rings is 2. The van der Waals surface area contributed by atoms with Gasteiger partial charge in [0.15, 0.2) is 5.82 Å². The summed E-state index contributed by atoms with van der Waals surface area (Å²) in [5.41, 5.74) is 7.20. The van der Waals surface area contributed by atoms with Gasteiger partial charge in [-0.1, -0.05) is 36.4 Å². The molecule has 0 aliphatic heterocycles. The first-order valence-electron chi connectivity index (χ1n) is 8.65. The molecule has 4 heteroatoms. The molecule has 2 aromatic carbocycles. The van der Waals surface area contributed by atoms with Gasteiger partial charge >= 0.3 is 0 Å². The average molecular weight is 340 g/mol. The lowest BCUT2D eigenvalue weighted by atomic mass is 10.1. The number of aryl methyl sites for hydroxylation is 3. The molecule has 0 radical (unpaired) electrons. The summed E-state index contributed by atoms with van der Waals surface area (Å²) in [4.78, 5) is 4.80. The number of imidazole rings is 1. The van der Waals surface area contributed by atoms with E-state index in [1.165, 1.54) is 16.7 Å². The van der Waals surface area contributed by atoms with Gasteiger partial charge in [0, 0.05) is 11.8 Å². The van der Waals surface area contributed by atoms with Gasteiger partial charge in [-0.05, 0) is 61.7 Å². The third-order valence-electron chi connectivity index (χ3n) is 4.55. The Hall–Kier alpha value is -3.27. The van der Waals surface area contributed by atoms with Crippen molar-refractivity contribution in [2.75, 3.05) is 0 Å². The van der Waals surface area contributed by atoms with Crippen molar-refractivity contribution in [3.05, 3.63) is 83.6 Å². The Bertz CT molecular complexity index is 1110. The van der Waals surface area contributed by atoms with Gasteiger partial charge in [0.05, 0.1) is 5.69 Å². The Balaban J connectivity index is 1.86. The van der Waals surface area contributed by atoms with Gasteiger partial charge in [0.25, 0.3) is 0 Å². The second kappa shape index (κ2) is 6.56. The van der Waals surface area contributed by atoms with Gasteiger partial charge in [-0.25, -0.2) is 4.98 Å². The topological polar surface area (TPSA) is 42.0 Å². The number of azo groups is 1. The summed E-state index contributed by atoms with van der Waals surface area (Å²) >= 11 is 0. The van der Waals surface area contributed by atoms with Crippen LogP contribution in [-0.2, 0) is 0 Å². The number of aromatic nitrogens is 2. The molecular weight excluding hydrogens is 320 g/mol. The summed E-state index contributed by atoms with van der Waals surface area (Å²) in [6, 6.07) is 20.3. The van der Waals surface area contributed by atoms with Crippen LogP contribution in [0.25, 0.3) is 16.9 Å². The average Bonchev–Trinajstić information content (AvgIpc) is 3.01. The van der Waals surface area contributed by atoms with Gasteiger partial charge in [-0.2, -0.15) is 0 Å². The standard InChI is InChI=1S/C22H20N4/c1-15-11-12-26-20(13-15)23-21(18-7-5-4-6-8-18)22(26)25-24-19-10-9-16(2)17(3)14-19/h4-14H,1-3H3. The smallest absolute Gasteiger partial charge is 0.187 e. The first kappa shape index (κ1) is 16.2. The lowest BCUT2D eigenvalue weighted by Crippen LogP contribution is -1.84. The summed E-state index contributed by atoms with van der Waals surface area (Å²) in [5.74, 6) is 0.740. The van der Waals surface area contributed by atoms with Crippen LogP contribution in [0.2, 0.25) is 0 Å². The van der Waals surface area contributed by atoms with E-state index in [-0.39, 0.29) is 0 Å². The maximum absolute atomic E-state index is 4.80. The molecule has 0 bridgehead atoms. The summed E-state index contributed by atoms with van der Waals surface area (Å²) in [6.45, 7) is 6.24. The first-order valence-corrected chi connectivity index (χ1v) is 8.65. The lowest BCUT2D eigenvalue weighted by Gasteiger charge is -2.01. The summed E-state index contributed by atoms with van der Waals surface area (Å²) in [6.07, 6.45) is 2.00. The van der Waals surface area contributed by atoms with E-state index in [2.05, 4.69) is 49.2 Å². The minimum Gasteiger partial charge on any atom is -0.283 e. The van der Waals surface area contributed by atoms with Gasteiger partial charge < -0.3 is 0 Å². The van der Waals surface area contributed by atoms with Gasteiger partial charge in [0.1, 0.15) is 11.3 Å². The predicted molar refractivity (Wildman–Crippen MR) is 105 cm³/mol. The summed E-state index contributed by atoms with van der Waals surface area (Å²) in [7, 11) is 0. The second-order valence-electron chi connectivity index (χ2n) is 6.55. The van der Waals surface area contributed by atoms with Crippen LogP contribution in [0.1, 0.15) is 16.7 Å². The zero-order chi connectivity index (χ0) is 18.1. The molecule has 0 N–H and O–H groups in total. The maximum Gasteiger partial charge on any atom is 0.187 e. The van der Waals surface area contributed by atoms with Crippen molar-refractivity contribution >= 4 is 17.2 Å². The third kappa shape index (κ3) is 3.02. The minimum atomic E-state index is 0.740. The molecule has 2 heterocycles. The summed E-state index contributed by atoms with van der Waals surface area (Å²) < 4.78 is 1.99. The predicted octanol–water partition coefficient (Wildman–Crippen LogP) is 6.34. The Morgan fingerprint density at radius 1 is 0.808 bits per heavy atom. The highest BCUT2D eigenvalue weighted by molar-refractivity contribution is 5.74. The Labute approximate surface area is 152 Å². The highest BCUT2D eigenvalue weighted by Crippen LogP contribution is 2.32. The molecule has 0 aliphatic carbocycles. The minimum absolute atomic E-state index is 0.740. The van der Waals surface area contributed by atoms with Crippen molar-refractivity contribution < 1.29 is 0 Å². The number of fused-ring (bicyclic) bond motifs is 1. The molecule has 0 fully saturated rings. The molecule has 0 aliphatic rings. The molecule has 128 valence electrons. The van der Waals surface area contributed by atoms with Crippen LogP contribution >= 0.6 is 0 Å². The molecule has 0 spiro atoms. The SMILES string of the molecule is Cc1ccn2c(N=Nc3ccc(C)c(C)c3)c(-c3ccccc3)nc2c1. The number of pyridine rings is 1. The molecule has 0 atom stereocenters. The van der Waals surface area contributed by atoms with Gasteiger partial charge in [0.2, 0.25) is 0 Å². The van der Waals surface area contributed by atoms with Crippen LogP contribution in [0.5, 0.6) is 0 Å². The van der Waals surface area contributed by atoms with Gasteiger partial charge in [-0.15, -0.1) is 10.2 Å². The number of nitrogens with zero attached hydrogens (tertiary/aromatic N) is 4. The molecule has 2 aromatic heterocycles. The molecule has 0 amide bonds. The molecule has 4 rings (SSSR count). The van der Waals surface area contributed by atoms with E-state index >= 15 is 0 Å².